The predicted molar refractivity (Wildman–Crippen MR) is 74.0 cm³/mol. The van der Waals surface area contributed by atoms with Gasteiger partial charge in [0.2, 0.25) is 0 Å². The van der Waals surface area contributed by atoms with Gasteiger partial charge in [0.15, 0.2) is 0 Å². The maximum Gasteiger partial charge on any atom is 0.251 e. The number of rotatable bonds is 5. The van der Waals surface area contributed by atoms with E-state index in [4.69, 9.17) is 9.84 Å². The molecule has 0 unspecified atom stereocenters. The van der Waals surface area contributed by atoms with Gasteiger partial charge in [0.25, 0.3) is 5.91 Å². The molecule has 19 heavy (non-hydrogen) atoms. The third-order valence-electron chi connectivity index (χ3n) is 2.69. The van der Waals surface area contributed by atoms with Crippen LogP contribution in [0.3, 0.4) is 0 Å². The number of nitrogens with one attached hydrogen (secondary N) is 1. The van der Waals surface area contributed by atoms with Crippen molar-refractivity contribution in [2.24, 2.45) is 0 Å². The highest BCUT2D eigenvalue weighted by Gasteiger charge is 2.09. The van der Waals surface area contributed by atoms with Crippen LogP contribution in [0.15, 0.2) is 18.2 Å². The first-order valence-corrected chi connectivity index (χ1v) is 6.17. The van der Waals surface area contributed by atoms with Crippen LogP contribution < -0.4 is 5.32 Å². The monoisotopic (exact) mass is 261 g/mol. The third-order valence-corrected chi connectivity index (χ3v) is 2.69. The minimum Gasteiger partial charge on any atom is -0.385 e. The number of carbonyl (C=O) groups excluding carboxylic acids is 1. The summed E-state index contributed by atoms with van der Waals surface area (Å²) in [5.41, 5.74) is 2.20. The van der Waals surface area contributed by atoms with Crippen LogP contribution in [0, 0.1) is 18.8 Å². The molecular weight excluding hydrogens is 242 g/mol. The van der Waals surface area contributed by atoms with Crippen LogP contribution in [0.5, 0.6) is 0 Å². The molecule has 2 N–H and O–H groups in total. The summed E-state index contributed by atoms with van der Waals surface area (Å²) in [5.74, 6) is 5.31. The molecule has 1 aromatic carbocycles. The Bertz CT molecular complexity index is 486. The number of carbonyl (C=O) groups is 1. The number of methoxy groups -OCH3 is 1. The van der Waals surface area contributed by atoms with Gasteiger partial charge in [-0.3, -0.25) is 4.79 Å². The number of hydrogen-bond acceptors (Lipinski definition) is 3. The van der Waals surface area contributed by atoms with Crippen molar-refractivity contribution in [3.63, 3.8) is 0 Å². The van der Waals surface area contributed by atoms with Crippen LogP contribution in [0.25, 0.3) is 0 Å². The van der Waals surface area contributed by atoms with Crippen LogP contribution in [0.1, 0.15) is 27.9 Å². The van der Waals surface area contributed by atoms with E-state index in [0.29, 0.717) is 18.7 Å². The Morgan fingerprint density at radius 3 is 2.95 bits per heavy atom. The third kappa shape index (κ3) is 4.74. The van der Waals surface area contributed by atoms with Crippen molar-refractivity contribution >= 4 is 5.91 Å². The van der Waals surface area contributed by atoms with Gasteiger partial charge in [-0.05, 0) is 31.0 Å². The first-order chi connectivity index (χ1) is 9.20. The lowest BCUT2D eigenvalue weighted by molar-refractivity contribution is 0.0948. The summed E-state index contributed by atoms with van der Waals surface area (Å²) in [5, 5.41) is 11.5. The molecule has 4 heteroatoms. The van der Waals surface area contributed by atoms with Crippen molar-refractivity contribution < 1.29 is 14.6 Å². The molecular formula is C15H19NO3. The second-order valence-corrected chi connectivity index (χ2v) is 4.04. The van der Waals surface area contributed by atoms with Gasteiger partial charge in [-0.1, -0.05) is 17.9 Å². The number of ether oxygens (including phenoxy) is 1. The number of amides is 1. The van der Waals surface area contributed by atoms with Crippen LogP contribution in [-0.2, 0) is 4.74 Å². The maximum absolute atomic E-state index is 12.0. The Labute approximate surface area is 113 Å². The van der Waals surface area contributed by atoms with E-state index in [9.17, 15) is 4.79 Å². The zero-order valence-electron chi connectivity index (χ0n) is 11.3. The number of benzene rings is 1. The van der Waals surface area contributed by atoms with Crippen LogP contribution in [0.2, 0.25) is 0 Å². The zero-order chi connectivity index (χ0) is 14.1. The molecule has 0 aromatic heterocycles. The fourth-order valence-corrected chi connectivity index (χ4v) is 1.67. The highest BCUT2D eigenvalue weighted by atomic mass is 16.5. The Balaban J connectivity index is 2.74. The highest BCUT2D eigenvalue weighted by molar-refractivity contribution is 5.96. The van der Waals surface area contributed by atoms with Crippen molar-refractivity contribution in [1.29, 1.82) is 0 Å². The fourth-order valence-electron chi connectivity index (χ4n) is 1.67. The van der Waals surface area contributed by atoms with E-state index in [0.717, 1.165) is 17.5 Å². The molecule has 0 radical (unpaired) electrons. The second-order valence-electron chi connectivity index (χ2n) is 4.04. The Morgan fingerprint density at radius 1 is 1.47 bits per heavy atom. The standard InChI is InChI=1S/C15H19NO3/c1-12-13(7-4-10-17)6-3-8-14(12)15(18)16-9-5-11-19-2/h3,6,8,17H,5,9-11H2,1-2H3,(H,16,18). The minimum absolute atomic E-state index is 0.110. The van der Waals surface area contributed by atoms with Crippen molar-refractivity contribution in [2.45, 2.75) is 13.3 Å². The molecule has 0 aliphatic heterocycles. The molecule has 0 aliphatic carbocycles. The summed E-state index contributed by atoms with van der Waals surface area (Å²) in [7, 11) is 1.63. The van der Waals surface area contributed by atoms with E-state index >= 15 is 0 Å². The Kier molecular flexibility index (Phi) is 6.65. The average molecular weight is 261 g/mol. The molecule has 0 fully saturated rings. The van der Waals surface area contributed by atoms with Gasteiger partial charge >= 0.3 is 0 Å². The molecule has 0 saturated carbocycles. The van der Waals surface area contributed by atoms with Gasteiger partial charge in [-0.15, -0.1) is 0 Å². The molecule has 1 amide bonds. The molecule has 0 bridgehead atoms. The lowest BCUT2D eigenvalue weighted by Crippen LogP contribution is -2.26. The van der Waals surface area contributed by atoms with Gasteiger partial charge in [0.05, 0.1) is 0 Å². The van der Waals surface area contributed by atoms with Gasteiger partial charge in [-0.25, -0.2) is 0 Å². The van der Waals surface area contributed by atoms with Gasteiger partial charge in [0, 0.05) is 31.4 Å². The smallest absolute Gasteiger partial charge is 0.251 e. The van der Waals surface area contributed by atoms with Crippen LogP contribution in [-0.4, -0.2) is 37.9 Å². The van der Waals surface area contributed by atoms with E-state index < -0.39 is 0 Å². The van der Waals surface area contributed by atoms with Gasteiger partial charge in [-0.2, -0.15) is 0 Å². The van der Waals surface area contributed by atoms with Crippen LogP contribution >= 0.6 is 0 Å². The van der Waals surface area contributed by atoms with E-state index in [2.05, 4.69) is 17.2 Å². The maximum atomic E-state index is 12.0. The summed E-state index contributed by atoms with van der Waals surface area (Å²) >= 11 is 0. The lowest BCUT2D eigenvalue weighted by Gasteiger charge is -2.08. The average Bonchev–Trinajstić information content (AvgIpc) is 2.42. The van der Waals surface area contributed by atoms with Crippen molar-refractivity contribution in [3.8, 4) is 11.8 Å². The molecule has 0 atom stereocenters. The zero-order valence-corrected chi connectivity index (χ0v) is 11.3. The lowest BCUT2D eigenvalue weighted by atomic mass is 10.0. The molecule has 1 aromatic rings. The summed E-state index contributed by atoms with van der Waals surface area (Å²) in [6.45, 7) is 2.87. The summed E-state index contributed by atoms with van der Waals surface area (Å²) in [6.07, 6.45) is 0.783. The van der Waals surface area contributed by atoms with Gasteiger partial charge in [0.1, 0.15) is 6.61 Å². The summed E-state index contributed by atoms with van der Waals surface area (Å²) in [6, 6.07) is 5.39. The predicted octanol–water partition coefficient (Wildman–Crippen LogP) is 1.11. The SMILES string of the molecule is COCCCNC(=O)c1cccc(C#CCO)c1C. The number of hydrogen-bond donors (Lipinski definition) is 2. The summed E-state index contributed by atoms with van der Waals surface area (Å²) in [4.78, 5) is 12.0. The molecule has 0 aliphatic rings. The molecule has 0 saturated heterocycles. The normalized spacial score (nSPS) is 9.63. The summed E-state index contributed by atoms with van der Waals surface area (Å²) < 4.78 is 4.92. The second kappa shape index (κ2) is 8.30. The van der Waals surface area contributed by atoms with Gasteiger partial charge < -0.3 is 15.2 Å². The van der Waals surface area contributed by atoms with E-state index in [1.165, 1.54) is 0 Å². The minimum atomic E-state index is -0.188. The van der Waals surface area contributed by atoms with Crippen molar-refractivity contribution in [2.75, 3.05) is 26.9 Å². The van der Waals surface area contributed by atoms with Crippen molar-refractivity contribution in [3.05, 3.63) is 34.9 Å². The first kappa shape index (κ1) is 15.2. The molecule has 4 nitrogen and oxygen atoms in total. The largest absolute Gasteiger partial charge is 0.385 e. The van der Waals surface area contributed by atoms with Crippen molar-refractivity contribution in [1.82, 2.24) is 5.32 Å². The molecule has 102 valence electrons. The Hall–Kier alpha value is -1.83. The van der Waals surface area contributed by atoms with E-state index in [-0.39, 0.29) is 12.5 Å². The number of aliphatic hydroxyl groups excluding tert-OH is 1. The quantitative estimate of drug-likeness (QED) is 0.616. The molecule has 1 rings (SSSR count). The highest BCUT2D eigenvalue weighted by Crippen LogP contribution is 2.12. The topological polar surface area (TPSA) is 58.6 Å². The van der Waals surface area contributed by atoms with E-state index in [1.807, 2.05) is 13.0 Å². The Morgan fingerprint density at radius 2 is 2.26 bits per heavy atom. The fraction of sp³-hybridized carbons (Fsp3) is 0.400. The number of aliphatic hydroxyl groups is 1. The van der Waals surface area contributed by atoms with Crippen LogP contribution in [0.4, 0.5) is 0 Å². The van der Waals surface area contributed by atoms with E-state index in [1.54, 1.807) is 19.2 Å². The molecule has 0 heterocycles. The first-order valence-electron chi connectivity index (χ1n) is 6.17. The molecule has 0 spiro atoms.